The van der Waals surface area contributed by atoms with Crippen LogP contribution >= 0.6 is 0 Å². The van der Waals surface area contributed by atoms with Crippen molar-refractivity contribution in [3.63, 3.8) is 0 Å². The van der Waals surface area contributed by atoms with E-state index in [1.54, 1.807) is 18.3 Å². The van der Waals surface area contributed by atoms with Gasteiger partial charge in [-0.05, 0) is 41.9 Å². The first-order valence-electron chi connectivity index (χ1n) is 9.58. The topological polar surface area (TPSA) is 26.0 Å². The molecule has 2 heterocycles. The van der Waals surface area contributed by atoms with Crippen molar-refractivity contribution in [1.82, 2.24) is 4.98 Å². The van der Waals surface area contributed by atoms with Gasteiger partial charge in [0.25, 0.3) is 0 Å². The van der Waals surface area contributed by atoms with Gasteiger partial charge in [-0.25, -0.2) is 0 Å². The monoisotopic (exact) mass is 334 g/mol. The van der Waals surface area contributed by atoms with E-state index in [-0.39, 0.29) is 5.56 Å². The molecule has 120 valence electrons. The average molecular weight is 335 g/mol. The molecule has 0 aliphatic heterocycles. The second-order valence-electron chi connectivity index (χ2n) is 7.14. The molecule has 4 aromatic rings. The first kappa shape index (κ1) is 12.0. The third-order valence-electron chi connectivity index (χ3n) is 4.37. The van der Waals surface area contributed by atoms with Crippen LogP contribution in [0.5, 0.6) is 0 Å². The number of aromatic nitrogens is 1. The summed E-state index contributed by atoms with van der Waals surface area (Å²) in [6.07, 6.45) is 1.55. The number of pyridine rings is 1. The van der Waals surface area contributed by atoms with Crippen LogP contribution in [0.4, 0.5) is 0 Å². The molecule has 0 unspecified atom stereocenters. The van der Waals surface area contributed by atoms with E-state index in [0.29, 0.717) is 5.69 Å². The predicted octanol–water partition coefficient (Wildman–Crippen LogP) is 5.50. The van der Waals surface area contributed by atoms with Gasteiger partial charge in [-0.2, -0.15) is 0 Å². The molecule has 0 saturated carbocycles. The normalized spacial score (nSPS) is 14.5. The van der Waals surface area contributed by atoms with Gasteiger partial charge in [0.05, 0.1) is 13.8 Å². The lowest BCUT2D eigenvalue weighted by atomic mass is 10.1. The second-order valence-corrected chi connectivity index (χ2v) is 12.2. The highest BCUT2D eigenvalue weighted by Gasteiger charge is 2.24. The van der Waals surface area contributed by atoms with Crippen molar-refractivity contribution in [3.8, 4) is 11.3 Å². The Kier molecular flexibility index (Phi) is 2.67. The summed E-state index contributed by atoms with van der Waals surface area (Å²) in [6, 6.07) is 15.4. The Bertz CT molecular complexity index is 1160. The first-order chi connectivity index (χ1) is 12.7. The smallest absolute Gasteiger partial charge is 0.144 e. The van der Waals surface area contributed by atoms with Crippen molar-refractivity contribution in [2.24, 2.45) is 0 Å². The third kappa shape index (κ3) is 2.36. The van der Waals surface area contributed by atoms with Crippen molar-refractivity contribution in [2.45, 2.75) is 26.5 Å². The van der Waals surface area contributed by atoms with E-state index in [4.69, 9.17) is 8.53 Å². The van der Waals surface area contributed by atoms with E-state index in [0.717, 1.165) is 27.5 Å². The first-order valence-corrected chi connectivity index (χ1v) is 11.6. The lowest BCUT2D eigenvalue weighted by Crippen LogP contribution is -2.37. The maximum absolute atomic E-state index is 7.69. The van der Waals surface area contributed by atoms with Crippen molar-refractivity contribution in [1.29, 1.82) is 0 Å². The van der Waals surface area contributed by atoms with Gasteiger partial charge in [-0.1, -0.05) is 43.9 Å². The number of hydrogen-bond acceptors (Lipinski definition) is 2. The molecule has 0 N–H and O–H groups in total. The van der Waals surface area contributed by atoms with Crippen molar-refractivity contribution >= 4 is 35.2 Å². The highest BCUT2D eigenvalue weighted by Crippen LogP contribution is 2.35. The molecular weight excluding hydrogens is 310 g/mol. The second kappa shape index (κ2) is 5.31. The number of hydrogen-bond donors (Lipinski definition) is 0. The molecule has 0 atom stereocenters. The molecule has 0 fully saturated rings. The summed E-state index contributed by atoms with van der Waals surface area (Å²) >= 11 is 0. The molecule has 24 heavy (non-hydrogen) atoms. The van der Waals surface area contributed by atoms with E-state index in [2.05, 4.69) is 36.8 Å². The van der Waals surface area contributed by atoms with Gasteiger partial charge < -0.3 is 4.42 Å². The minimum Gasteiger partial charge on any atom is -0.455 e. The van der Waals surface area contributed by atoms with Crippen LogP contribution in [-0.4, -0.2) is 13.1 Å². The quantitative estimate of drug-likeness (QED) is 0.452. The van der Waals surface area contributed by atoms with E-state index in [1.165, 1.54) is 5.19 Å². The van der Waals surface area contributed by atoms with Crippen LogP contribution in [0.15, 0.2) is 59.1 Å². The molecular formula is C21H21NOSi. The highest BCUT2D eigenvalue weighted by molar-refractivity contribution is 6.90. The molecule has 0 radical (unpaired) electrons. The van der Waals surface area contributed by atoms with Crippen LogP contribution in [0, 0.1) is 6.85 Å². The van der Waals surface area contributed by atoms with E-state index >= 15 is 0 Å². The Balaban J connectivity index is 2.07. The van der Waals surface area contributed by atoms with Crippen molar-refractivity contribution in [3.05, 3.63) is 60.3 Å². The molecule has 0 spiro atoms. The predicted molar refractivity (Wildman–Crippen MR) is 105 cm³/mol. The van der Waals surface area contributed by atoms with Crippen LogP contribution in [-0.2, 0) is 0 Å². The molecule has 0 amide bonds. The van der Waals surface area contributed by atoms with Gasteiger partial charge in [0.15, 0.2) is 0 Å². The van der Waals surface area contributed by atoms with E-state index in [1.807, 2.05) is 24.3 Å². The highest BCUT2D eigenvalue weighted by atomic mass is 28.3. The SMILES string of the molecule is [2H]C([2H])([2H])c1ccnc(-c2ccc([Si](C)(C)C)c3c2oc2ccccc23)c1. The zero-order valence-electron chi connectivity index (χ0n) is 17.1. The van der Waals surface area contributed by atoms with Gasteiger partial charge in [0.1, 0.15) is 11.2 Å². The summed E-state index contributed by atoms with van der Waals surface area (Å²) in [7, 11) is -1.61. The summed E-state index contributed by atoms with van der Waals surface area (Å²) in [6.45, 7) is 4.78. The lowest BCUT2D eigenvalue weighted by Gasteiger charge is -2.18. The Morgan fingerprint density at radius 1 is 1.04 bits per heavy atom. The number of rotatable bonds is 2. The van der Waals surface area contributed by atoms with Crippen LogP contribution in [0.3, 0.4) is 0 Å². The molecule has 3 heteroatoms. The fourth-order valence-corrected chi connectivity index (χ4v) is 4.81. The summed E-state index contributed by atoms with van der Waals surface area (Å²) in [4.78, 5) is 4.44. The van der Waals surface area contributed by atoms with Gasteiger partial charge >= 0.3 is 0 Å². The summed E-state index contributed by atoms with van der Waals surface area (Å²) in [5, 5.41) is 3.56. The third-order valence-corrected chi connectivity index (χ3v) is 6.40. The van der Waals surface area contributed by atoms with E-state index in [9.17, 15) is 0 Å². The minimum absolute atomic E-state index is 0.283. The molecule has 4 rings (SSSR count). The number of nitrogens with zero attached hydrogens (tertiary/aromatic N) is 1. The van der Waals surface area contributed by atoms with Crippen LogP contribution in [0.25, 0.3) is 33.2 Å². The Hall–Kier alpha value is -2.39. The average Bonchev–Trinajstić information content (AvgIpc) is 2.99. The Morgan fingerprint density at radius 2 is 1.88 bits per heavy atom. The maximum Gasteiger partial charge on any atom is 0.144 e. The zero-order chi connectivity index (χ0) is 19.4. The summed E-state index contributed by atoms with van der Waals surface area (Å²) in [5.74, 6) is 0. The Morgan fingerprint density at radius 3 is 2.67 bits per heavy atom. The van der Waals surface area contributed by atoms with Gasteiger partial charge in [-0.3, -0.25) is 4.98 Å². The van der Waals surface area contributed by atoms with Crippen molar-refractivity contribution < 1.29 is 8.53 Å². The fourth-order valence-electron chi connectivity index (χ4n) is 3.23. The van der Waals surface area contributed by atoms with Gasteiger partial charge in [0.2, 0.25) is 0 Å². The molecule has 2 aromatic carbocycles. The zero-order valence-corrected chi connectivity index (χ0v) is 15.1. The number of benzene rings is 2. The van der Waals surface area contributed by atoms with Crippen LogP contribution in [0.2, 0.25) is 19.6 Å². The molecule has 0 bridgehead atoms. The van der Waals surface area contributed by atoms with Crippen LogP contribution < -0.4 is 5.19 Å². The van der Waals surface area contributed by atoms with Crippen molar-refractivity contribution in [2.75, 3.05) is 0 Å². The van der Waals surface area contributed by atoms with Crippen LogP contribution in [0.1, 0.15) is 9.68 Å². The largest absolute Gasteiger partial charge is 0.455 e. The summed E-state index contributed by atoms with van der Waals surface area (Å²) < 4.78 is 29.3. The van der Waals surface area contributed by atoms with Gasteiger partial charge in [0, 0.05) is 26.6 Å². The number of para-hydroxylation sites is 1. The molecule has 0 aliphatic rings. The molecule has 0 saturated heterocycles. The molecule has 2 aromatic heterocycles. The number of furan rings is 1. The molecule has 0 aliphatic carbocycles. The minimum atomic E-state index is -2.16. The fraction of sp³-hybridized carbons (Fsp3) is 0.190. The van der Waals surface area contributed by atoms with Gasteiger partial charge in [-0.15, -0.1) is 0 Å². The summed E-state index contributed by atoms with van der Waals surface area (Å²) in [5.41, 5.74) is 3.35. The number of aryl methyl sites for hydroxylation is 1. The Labute approximate surface area is 147 Å². The van der Waals surface area contributed by atoms with E-state index < -0.39 is 14.9 Å². The lowest BCUT2D eigenvalue weighted by molar-refractivity contribution is 0.670. The number of fused-ring (bicyclic) bond motifs is 3. The molecule has 2 nitrogen and oxygen atoms in total. The maximum atomic E-state index is 7.69. The standard InChI is InChI=1S/C21H21NOSi/c1-14-11-12-22-17(13-14)15-9-10-19(24(2,3)4)20-16-7-5-6-8-18(16)23-21(15)20/h5-13H,1-4H3/i1D3.